The molecule has 0 radical (unpaired) electrons. The quantitative estimate of drug-likeness (QED) is 0.860. The van der Waals surface area contributed by atoms with Crippen molar-refractivity contribution in [2.24, 2.45) is 0 Å². The average Bonchev–Trinajstić information content (AvgIpc) is 2.59. The van der Waals surface area contributed by atoms with Crippen LogP contribution in [0, 0.1) is 0 Å². The fourth-order valence-corrected chi connectivity index (χ4v) is 2.44. The summed E-state index contributed by atoms with van der Waals surface area (Å²) in [6.07, 6.45) is 0.804. The van der Waals surface area contributed by atoms with Gasteiger partial charge in [0.15, 0.2) is 11.5 Å². The van der Waals surface area contributed by atoms with Crippen LogP contribution in [0.3, 0.4) is 0 Å². The molecule has 1 atom stereocenters. The number of anilines is 1. The first-order valence-electron chi connectivity index (χ1n) is 7.51. The molecule has 0 aliphatic carbocycles. The predicted molar refractivity (Wildman–Crippen MR) is 86.1 cm³/mol. The Hall–Kier alpha value is -2.82. The van der Waals surface area contributed by atoms with E-state index >= 15 is 0 Å². The largest absolute Gasteiger partial charge is 0.490 e. The highest BCUT2D eigenvalue weighted by atomic mass is 16.5. The van der Waals surface area contributed by atoms with E-state index in [-0.39, 0.29) is 5.91 Å². The zero-order chi connectivity index (χ0) is 16.2. The molecule has 0 fully saturated rings. The van der Waals surface area contributed by atoms with Crippen LogP contribution in [-0.4, -0.2) is 18.8 Å². The number of carbonyl (C=O) groups is 2. The molecule has 1 unspecified atom stereocenters. The molecule has 23 heavy (non-hydrogen) atoms. The van der Waals surface area contributed by atoms with Gasteiger partial charge in [0.2, 0.25) is 6.10 Å². The molecular formula is C18H17NO4. The van der Waals surface area contributed by atoms with Crippen molar-refractivity contribution < 1.29 is 19.1 Å². The first-order chi connectivity index (χ1) is 11.2. The van der Waals surface area contributed by atoms with Crippen LogP contribution in [0.25, 0.3) is 0 Å². The van der Waals surface area contributed by atoms with E-state index in [1.165, 1.54) is 0 Å². The summed E-state index contributed by atoms with van der Waals surface area (Å²) in [6.45, 7) is 2.49. The van der Waals surface area contributed by atoms with Gasteiger partial charge in [-0.1, -0.05) is 37.3 Å². The van der Waals surface area contributed by atoms with Crippen molar-refractivity contribution in [3.05, 3.63) is 53.6 Å². The van der Waals surface area contributed by atoms with Gasteiger partial charge in [0.25, 0.3) is 5.91 Å². The van der Waals surface area contributed by atoms with Crippen LogP contribution < -0.4 is 14.8 Å². The van der Waals surface area contributed by atoms with E-state index in [4.69, 9.17) is 9.47 Å². The van der Waals surface area contributed by atoms with Gasteiger partial charge in [-0.05, 0) is 18.6 Å². The Morgan fingerprint density at radius 2 is 2.04 bits per heavy atom. The summed E-state index contributed by atoms with van der Waals surface area (Å²) in [4.78, 5) is 23.4. The monoisotopic (exact) mass is 311 g/mol. The van der Waals surface area contributed by atoms with Crippen molar-refractivity contribution in [1.29, 1.82) is 0 Å². The number of ether oxygens (including phenoxy) is 2. The number of benzene rings is 2. The second-order valence-corrected chi connectivity index (χ2v) is 5.26. The average molecular weight is 311 g/mol. The summed E-state index contributed by atoms with van der Waals surface area (Å²) in [6, 6.07) is 12.5. The maximum atomic E-state index is 12.3. The number of fused-ring (bicyclic) bond motifs is 1. The maximum Gasteiger partial charge on any atom is 0.270 e. The minimum absolute atomic E-state index is 0.270. The van der Waals surface area contributed by atoms with E-state index in [0.717, 1.165) is 12.0 Å². The molecular weight excluding hydrogens is 294 g/mol. The van der Waals surface area contributed by atoms with Crippen LogP contribution in [0.1, 0.15) is 35.4 Å². The van der Waals surface area contributed by atoms with Gasteiger partial charge in [0, 0.05) is 11.1 Å². The lowest BCUT2D eigenvalue weighted by molar-refractivity contribution is -0.123. The molecule has 1 aliphatic rings. The Morgan fingerprint density at radius 3 is 2.74 bits per heavy atom. The first-order valence-corrected chi connectivity index (χ1v) is 7.51. The second kappa shape index (κ2) is 6.52. The first kappa shape index (κ1) is 15.1. The molecule has 5 heteroatoms. The molecule has 3 rings (SSSR count). The fraction of sp³-hybridized carbons (Fsp3) is 0.222. The molecule has 1 aliphatic heterocycles. The normalized spacial score (nSPS) is 16.0. The lowest BCUT2D eigenvalue weighted by atomic mass is 10.1. The van der Waals surface area contributed by atoms with Gasteiger partial charge >= 0.3 is 0 Å². The minimum Gasteiger partial charge on any atom is -0.490 e. The Kier molecular flexibility index (Phi) is 4.28. The fourth-order valence-electron chi connectivity index (χ4n) is 2.44. The molecule has 1 N–H and O–H groups in total. The lowest BCUT2D eigenvalue weighted by Gasteiger charge is -2.28. The van der Waals surface area contributed by atoms with Gasteiger partial charge < -0.3 is 14.8 Å². The Morgan fingerprint density at radius 1 is 1.26 bits per heavy atom. The topological polar surface area (TPSA) is 64.6 Å². The van der Waals surface area contributed by atoms with Crippen molar-refractivity contribution in [3.8, 4) is 11.5 Å². The highest BCUT2D eigenvalue weighted by molar-refractivity contribution is 6.00. The number of rotatable bonds is 5. The van der Waals surface area contributed by atoms with E-state index in [2.05, 4.69) is 5.32 Å². The molecule has 0 spiro atoms. The summed E-state index contributed by atoms with van der Waals surface area (Å²) < 4.78 is 11.6. The maximum absolute atomic E-state index is 12.3. The molecule has 5 nitrogen and oxygen atoms in total. The summed E-state index contributed by atoms with van der Waals surface area (Å²) in [5.74, 6) is 0.651. The van der Waals surface area contributed by atoms with E-state index in [0.29, 0.717) is 35.6 Å². The van der Waals surface area contributed by atoms with Crippen molar-refractivity contribution in [2.75, 3.05) is 11.9 Å². The third kappa shape index (κ3) is 3.04. The van der Waals surface area contributed by atoms with Crippen LogP contribution in [-0.2, 0) is 4.79 Å². The summed E-state index contributed by atoms with van der Waals surface area (Å²) in [7, 11) is 0. The highest BCUT2D eigenvalue weighted by Gasteiger charge is 2.31. The number of hydrogen-bond donors (Lipinski definition) is 1. The zero-order valence-corrected chi connectivity index (χ0v) is 12.7. The zero-order valence-electron chi connectivity index (χ0n) is 12.7. The van der Waals surface area contributed by atoms with Gasteiger partial charge in [0.05, 0.1) is 12.3 Å². The van der Waals surface area contributed by atoms with Gasteiger partial charge in [-0.3, -0.25) is 9.59 Å². The van der Waals surface area contributed by atoms with E-state index in [9.17, 15) is 9.59 Å². The summed E-state index contributed by atoms with van der Waals surface area (Å²) in [5.41, 5.74) is 1.64. The Labute approximate surface area is 134 Å². The number of nitrogens with one attached hydrogen (secondary N) is 1. The number of amides is 1. The van der Waals surface area contributed by atoms with Gasteiger partial charge in [0.1, 0.15) is 6.29 Å². The smallest absolute Gasteiger partial charge is 0.270 e. The predicted octanol–water partition coefficient (Wildman–Crippen LogP) is 3.36. The Bertz CT molecular complexity index is 727. The van der Waals surface area contributed by atoms with Crippen LogP contribution in [0.5, 0.6) is 11.5 Å². The summed E-state index contributed by atoms with van der Waals surface area (Å²) >= 11 is 0. The van der Waals surface area contributed by atoms with Crippen molar-refractivity contribution in [1.82, 2.24) is 0 Å². The molecule has 0 aromatic heterocycles. The highest BCUT2D eigenvalue weighted by Crippen LogP contribution is 2.43. The molecule has 118 valence electrons. The molecule has 2 aromatic carbocycles. The second-order valence-electron chi connectivity index (χ2n) is 5.26. The lowest BCUT2D eigenvalue weighted by Crippen LogP contribution is -2.30. The Balaban J connectivity index is 2.00. The molecule has 0 saturated heterocycles. The van der Waals surface area contributed by atoms with Gasteiger partial charge in [-0.25, -0.2) is 0 Å². The molecule has 1 amide bonds. The number of aldehydes is 1. The molecule has 0 saturated carbocycles. The van der Waals surface area contributed by atoms with Crippen molar-refractivity contribution in [2.45, 2.75) is 19.4 Å². The third-order valence-electron chi connectivity index (χ3n) is 3.51. The van der Waals surface area contributed by atoms with Gasteiger partial charge in [-0.15, -0.1) is 0 Å². The minimum atomic E-state index is -0.741. The van der Waals surface area contributed by atoms with Crippen molar-refractivity contribution >= 4 is 17.9 Å². The van der Waals surface area contributed by atoms with Crippen LogP contribution >= 0.6 is 0 Å². The van der Waals surface area contributed by atoms with E-state index in [1.54, 1.807) is 12.1 Å². The number of carbonyl (C=O) groups excluding carboxylic acids is 2. The molecule has 0 bridgehead atoms. The van der Waals surface area contributed by atoms with E-state index < -0.39 is 6.10 Å². The molecule has 2 aromatic rings. The molecule has 1 heterocycles. The van der Waals surface area contributed by atoms with Crippen molar-refractivity contribution in [3.63, 3.8) is 0 Å². The standard InChI is InChI=1S/C18H17NO4/c1-2-8-22-15-10-12(11-20)9-14-17(15)23-16(18(21)19-14)13-6-4-3-5-7-13/h3-7,9-11,16H,2,8H2,1H3,(H,19,21). The van der Waals surface area contributed by atoms with E-state index in [1.807, 2.05) is 37.3 Å². The third-order valence-corrected chi connectivity index (χ3v) is 3.51. The summed E-state index contributed by atoms with van der Waals surface area (Å²) in [5, 5.41) is 2.80. The number of hydrogen-bond acceptors (Lipinski definition) is 4. The van der Waals surface area contributed by atoms with Gasteiger partial charge in [-0.2, -0.15) is 0 Å². The van der Waals surface area contributed by atoms with Crippen LogP contribution in [0.15, 0.2) is 42.5 Å². The van der Waals surface area contributed by atoms with Crippen LogP contribution in [0.4, 0.5) is 5.69 Å². The SMILES string of the molecule is CCCOc1cc(C=O)cc2c1OC(c1ccccc1)C(=O)N2. The van der Waals surface area contributed by atoms with Crippen LogP contribution in [0.2, 0.25) is 0 Å².